The molecule has 0 aromatic heterocycles. The SMILES string of the molecule is COCN1C=CSC(=Cc2cc(C(C)C)c(OC(C)=O)c(C(C)C)c2)C1=O. The minimum absolute atomic E-state index is 0.0920. The normalized spacial score (nSPS) is 15.9. The molecular weight excluding hydrogens is 362 g/mol. The minimum Gasteiger partial charge on any atom is -0.426 e. The number of nitrogens with zero attached hydrogens (tertiary/aromatic N) is 1. The summed E-state index contributed by atoms with van der Waals surface area (Å²) in [4.78, 5) is 26.4. The molecule has 0 saturated carbocycles. The lowest BCUT2D eigenvalue weighted by atomic mass is 9.91. The van der Waals surface area contributed by atoms with Crippen molar-refractivity contribution in [3.63, 3.8) is 0 Å². The van der Waals surface area contributed by atoms with Crippen LogP contribution < -0.4 is 4.74 Å². The minimum atomic E-state index is -0.330. The summed E-state index contributed by atoms with van der Waals surface area (Å²) >= 11 is 1.39. The number of thioether (sulfide) groups is 1. The lowest BCUT2D eigenvalue weighted by Crippen LogP contribution is -2.29. The van der Waals surface area contributed by atoms with E-state index in [0.717, 1.165) is 16.7 Å². The van der Waals surface area contributed by atoms with Gasteiger partial charge in [-0.2, -0.15) is 0 Å². The van der Waals surface area contributed by atoms with E-state index >= 15 is 0 Å². The van der Waals surface area contributed by atoms with Crippen molar-refractivity contribution in [2.24, 2.45) is 0 Å². The third-order valence-corrected chi connectivity index (χ3v) is 4.94. The average Bonchev–Trinajstić information content (AvgIpc) is 2.58. The second-order valence-electron chi connectivity index (χ2n) is 7.04. The average molecular weight is 390 g/mol. The Bertz CT molecular complexity index is 751. The molecule has 1 aromatic carbocycles. The van der Waals surface area contributed by atoms with E-state index in [1.54, 1.807) is 13.3 Å². The van der Waals surface area contributed by atoms with Crippen LogP contribution >= 0.6 is 11.8 Å². The molecule has 0 unspecified atom stereocenters. The molecule has 0 saturated heterocycles. The van der Waals surface area contributed by atoms with E-state index in [9.17, 15) is 9.59 Å². The van der Waals surface area contributed by atoms with Gasteiger partial charge in [-0.05, 0) is 52.1 Å². The van der Waals surface area contributed by atoms with Crippen LogP contribution in [0.1, 0.15) is 63.1 Å². The second kappa shape index (κ2) is 9.24. The Morgan fingerprint density at radius 3 is 2.26 bits per heavy atom. The maximum absolute atomic E-state index is 12.6. The Morgan fingerprint density at radius 1 is 1.19 bits per heavy atom. The molecule has 146 valence electrons. The molecule has 2 rings (SSSR count). The first-order valence-electron chi connectivity index (χ1n) is 8.95. The molecule has 27 heavy (non-hydrogen) atoms. The molecule has 0 spiro atoms. The van der Waals surface area contributed by atoms with Gasteiger partial charge in [-0.25, -0.2) is 0 Å². The van der Waals surface area contributed by atoms with Gasteiger partial charge >= 0.3 is 5.97 Å². The van der Waals surface area contributed by atoms with E-state index in [4.69, 9.17) is 9.47 Å². The van der Waals surface area contributed by atoms with Crippen LogP contribution in [-0.2, 0) is 14.3 Å². The Labute approximate surface area is 165 Å². The first-order valence-corrected chi connectivity index (χ1v) is 9.83. The fourth-order valence-electron chi connectivity index (χ4n) is 2.83. The number of methoxy groups -OCH3 is 1. The van der Waals surface area contributed by atoms with Gasteiger partial charge in [0.2, 0.25) is 0 Å². The third kappa shape index (κ3) is 5.23. The molecule has 1 amide bonds. The highest BCUT2D eigenvalue weighted by molar-refractivity contribution is 8.06. The number of hydrogen-bond donors (Lipinski definition) is 0. The van der Waals surface area contributed by atoms with Crippen LogP contribution in [-0.4, -0.2) is 30.6 Å². The monoisotopic (exact) mass is 389 g/mol. The predicted molar refractivity (Wildman–Crippen MR) is 109 cm³/mol. The van der Waals surface area contributed by atoms with Crippen LogP contribution in [0.3, 0.4) is 0 Å². The Hall–Kier alpha value is -2.05. The van der Waals surface area contributed by atoms with Gasteiger partial charge in [0.25, 0.3) is 5.91 Å². The molecule has 5 nitrogen and oxygen atoms in total. The Balaban J connectivity index is 2.53. The number of benzene rings is 1. The summed E-state index contributed by atoms with van der Waals surface area (Å²) in [5.74, 6) is 0.566. The molecule has 0 radical (unpaired) electrons. The Kier molecular flexibility index (Phi) is 7.27. The molecule has 1 heterocycles. The largest absolute Gasteiger partial charge is 0.426 e. The molecule has 1 aliphatic rings. The van der Waals surface area contributed by atoms with Crippen molar-refractivity contribution in [2.45, 2.75) is 46.5 Å². The topological polar surface area (TPSA) is 55.8 Å². The lowest BCUT2D eigenvalue weighted by molar-refractivity contribution is -0.132. The van der Waals surface area contributed by atoms with Crippen LogP contribution in [0.15, 0.2) is 28.6 Å². The summed E-state index contributed by atoms with van der Waals surface area (Å²) in [6.45, 7) is 9.88. The van der Waals surface area contributed by atoms with Crippen molar-refractivity contribution in [2.75, 3.05) is 13.8 Å². The molecule has 6 heteroatoms. The maximum atomic E-state index is 12.6. The molecule has 1 aliphatic heterocycles. The number of esters is 1. The quantitative estimate of drug-likeness (QED) is 0.395. The zero-order valence-corrected chi connectivity index (χ0v) is 17.6. The van der Waals surface area contributed by atoms with Crippen LogP contribution in [0.25, 0.3) is 6.08 Å². The highest BCUT2D eigenvalue weighted by Gasteiger charge is 2.22. The fourth-order valence-corrected chi connectivity index (χ4v) is 3.60. The van der Waals surface area contributed by atoms with E-state index < -0.39 is 0 Å². The maximum Gasteiger partial charge on any atom is 0.308 e. The van der Waals surface area contributed by atoms with Gasteiger partial charge in [-0.1, -0.05) is 39.5 Å². The summed E-state index contributed by atoms with van der Waals surface area (Å²) in [5, 5.41) is 1.87. The first kappa shape index (κ1) is 21.3. The van der Waals surface area contributed by atoms with E-state index in [-0.39, 0.29) is 30.4 Å². The van der Waals surface area contributed by atoms with Gasteiger partial charge in [-0.3, -0.25) is 14.5 Å². The van der Waals surface area contributed by atoms with Crippen molar-refractivity contribution in [1.29, 1.82) is 0 Å². The van der Waals surface area contributed by atoms with Crippen molar-refractivity contribution < 1.29 is 19.1 Å². The predicted octanol–water partition coefficient (Wildman–Crippen LogP) is 4.85. The summed E-state index contributed by atoms with van der Waals surface area (Å²) in [7, 11) is 1.56. The Morgan fingerprint density at radius 2 is 1.78 bits per heavy atom. The second-order valence-corrected chi connectivity index (χ2v) is 7.98. The summed E-state index contributed by atoms with van der Waals surface area (Å²) in [5.41, 5.74) is 2.84. The van der Waals surface area contributed by atoms with Gasteiger partial charge in [0.15, 0.2) is 0 Å². The van der Waals surface area contributed by atoms with Crippen LogP contribution in [0.5, 0.6) is 5.75 Å². The number of carbonyl (C=O) groups is 2. The van der Waals surface area contributed by atoms with Crippen molar-refractivity contribution in [1.82, 2.24) is 4.90 Å². The van der Waals surface area contributed by atoms with E-state index in [1.165, 1.54) is 23.6 Å². The standard InChI is InChI=1S/C21H27NO4S/c1-13(2)17-9-16(10-18(14(3)4)20(17)26-15(5)23)11-19-21(24)22(12-25-6)7-8-27-19/h7-11,13-14H,12H2,1-6H3. The van der Waals surface area contributed by atoms with Crippen LogP contribution in [0, 0.1) is 0 Å². The van der Waals surface area contributed by atoms with Gasteiger partial charge < -0.3 is 9.47 Å². The number of carbonyl (C=O) groups excluding carboxylic acids is 2. The van der Waals surface area contributed by atoms with Crippen molar-refractivity contribution in [3.8, 4) is 5.75 Å². The summed E-state index contributed by atoms with van der Waals surface area (Å²) in [6, 6.07) is 3.99. The van der Waals surface area contributed by atoms with E-state index in [1.807, 2.05) is 23.6 Å². The van der Waals surface area contributed by atoms with E-state index in [2.05, 4.69) is 27.7 Å². The number of rotatable bonds is 6. The molecule has 0 aliphatic carbocycles. The smallest absolute Gasteiger partial charge is 0.308 e. The van der Waals surface area contributed by atoms with Crippen LogP contribution in [0.4, 0.5) is 0 Å². The highest BCUT2D eigenvalue weighted by Crippen LogP contribution is 2.37. The number of amides is 1. The van der Waals surface area contributed by atoms with Crippen molar-refractivity contribution >= 4 is 29.7 Å². The summed E-state index contributed by atoms with van der Waals surface area (Å²) < 4.78 is 10.6. The number of ether oxygens (including phenoxy) is 2. The summed E-state index contributed by atoms with van der Waals surface area (Å²) in [6.07, 6.45) is 3.60. The number of hydrogen-bond acceptors (Lipinski definition) is 5. The van der Waals surface area contributed by atoms with Gasteiger partial charge in [0.1, 0.15) is 12.5 Å². The van der Waals surface area contributed by atoms with Gasteiger partial charge in [0, 0.05) is 20.2 Å². The van der Waals surface area contributed by atoms with Gasteiger partial charge in [0.05, 0.1) is 4.91 Å². The van der Waals surface area contributed by atoms with Crippen LogP contribution in [0.2, 0.25) is 0 Å². The van der Waals surface area contributed by atoms with Crippen molar-refractivity contribution in [3.05, 3.63) is 45.3 Å². The lowest BCUT2D eigenvalue weighted by Gasteiger charge is -2.22. The molecular formula is C21H27NO4S. The first-order chi connectivity index (χ1) is 12.7. The third-order valence-electron chi connectivity index (χ3n) is 4.13. The van der Waals surface area contributed by atoms with Gasteiger partial charge in [-0.15, -0.1) is 0 Å². The van der Waals surface area contributed by atoms with E-state index in [0.29, 0.717) is 10.7 Å². The molecule has 0 atom stereocenters. The molecule has 0 N–H and O–H groups in total. The zero-order valence-electron chi connectivity index (χ0n) is 16.7. The molecule has 1 aromatic rings. The highest BCUT2D eigenvalue weighted by atomic mass is 32.2. The zero-order chi connectivity index (χ0) is 20.1. The molecule has 0 fully saturated rings. The molecule has 0 bridgehead atoms. The fraction of sp³-hybridized carbons (Fsp3) is 0.429.